The number of fused-ring (bicyclic) bond motifs is 1. The normalized spacial score (nSPS) is 11.9. The van der Waals surface area contributed by atoms with Gasteiger partial charge in [-0.15, -0.1) is 12.4 Å². The van der Waals surface area contributed by atoms with Gasteiger partial charge < -0.3 is 16.0 Å². The van der Waals surface area contributed by atoms with Gasteiger partial charge in [0.25, 0.3) is 5.56 Å². The van der Waals surface area contributed by atoms with Crippen molar-refractivity contribution in [3.8, 4) is 0 Å². The summed E-state index contributed by atoms with van der Waals surface area (Å²) < 4.78 is 14.1. The minimum absolute atomic E-state index is 0. The number of alkyl halides is 1. The van der Waals surface area contributed by atoms with Crippen LogP contribution in [0.3, 0.4) is 0 Å². The summed E-state index contributed by atoms with van der Waals surface area (Å²) in [5.41, 5.74) is 4.46. The molecule has 3 rings (SSSR count). The number of hydrogen-bond donors (Lipinski definition) is 3. The Morgan fingerprint density at radius 3 is 2.48 bits per heavy atom. The number of nitrogens with zero attached hydrogens (tertiary/aromatic N) is 3. The lowest BCUT2D eigenvalue weighted by molar-refractivity contribution is 0.206. The summed E-state index contributed by atoms with van der Waals surface area (Å²) in [4.78, 5) is 27.1. The van der Waals surface area contributed by atoms with Gasteiger partial charge in [0.1, 0.15) is 11.6 Å². The van der Waals surface area contributed by atoms with E-state index in [0.717, 1.165) is 5.56 Å². The third-order valence-corrected chi connectivity index (χ3v) is 3.92. The molecule has 0 saturated carbocycles. The molecule has 0 bridgehead atoms. The summed E-state index contributed by atoms with van der Waals surface area (Å²) >= 11 is 0. The molecule has 0 aliphatic rings. The third-order valence-electron chi connectivity index (χ3n) is 3.92. The first-order valence-corrected chi connectivity index (χ1v) is 8.16. The van der Waals surface area contributed by atoms with Crippen LogP contribution in [0.4, 0.5) is 16.0 Å². The SMILES string of the molecule is CC(C)(N)c1c[nH]c(=O)c2cnc(Nc3ccnc(C(C)(C)F)n3)cc12.Cl. The van der Waals surface area contributed by atoms with Crippen LogP contribution in [0.25, 0.3) is 10.8 Å². The van der Waals surface area contributed by atoms with Crippen molar-refractivity contribution in [1.82, 2.24) is 19.9 Å². The lowest BCUT2D eigenvalue weighted by Crippen LogP contribution is -2.30. The molecule has 144 valence electrons. The monoisotopic (exact) mass is 392 g/mol. The molecular weight excluding hydrogens is 371 g/mol. The minimum Gasteiger partial charge on any atom is -0.328 e. The fourth-order valence-electron chi connectivity index (χ4n) is 2.60. The predicted octanol–water partition coefficient (Wildman–Crippen LogP) is 3.28. The van der Waals surface area contributed by atoms with Gasteiger partial charge in [-0.25, -0.2) is 19.3 Å². The Balaban J connectivity index is 0.00000261. The van der Waals surface area contributed by atoms with Crippen LogP contribution >= 0.6 is 12.4 Å². The van der Waals surface area contributed by atoms with Gasteiger partial charge in [-0.2, -0.15) is 0 Å². The van der Waals surface area contributed by atoms with E-state index in [4.69, 9.17) is 5.73 Å². The molecule has 0 unspecified atom stereocenters. The van der Waals surface area contributed by atoms with E-state index in [1.165, 1.54) is 26.2 Å². The Hall–Kier alpha value is -2.58. The lowest BCUT2D eigenvalue weighted by Gasteiger charge is -2.21. The smallest absolute Gasteiger partial charge is 0.257 e. The van der Waals surface area contributed by atoms with Crippen LogP contribution in [0.2, 0.25) is 0 Å². The van der Waals surface area contributed by atoms with E-state index in [1.807, 2.05) is 13.8 Å². The Bertz CT molecular complexity index is 1020. The molecule has 0 fully saturated rings. The van der Waals surface area contributed by atoms with Crippen molar-refractivity contribution >= 4 is 34.8 Å². The van der Waals surface area contributed by atoms with Gasteiger partial charge in [0.2, 0.25) is 0 Å². The number of anilines is 2. The number of aromatic nitrogens is 4. The molecule has 3 heterocycles. The summed E-state index contributed by atoms with van der Waals surface area (Å²) in [6.45, 7) is 6.49. The molecular formula is C18H22ClFN6O. The van der Waals surface area contributed by atoms with E-state index in [0.29, 0.717) is 22.4 Å². The highest BCUT2D eigenvalue weighted by Gasteiger charge is 2.23. The minimum atomic E-state index is -1.65. The molecule has 0 radical (unpaired) electrons. The summed E-state index contributed by atoms with van der Waals surface area (Å²) in [5.74, 6) is 0.949. The Morgan fingerprint density at radius 2 is 1.85 bits per heavy atom. The molecule has 27 heavy (non-hydrogen) atoms. The van der Waals surface area contributed by atoms with Gasteiger partial charge in [0.05, 0.1) is 5.39 Å². The number of halogens is 2. The van der Waals surface area contributed by atoms with Gasteiger partial charge in [-0.1, -0.05) is 0 Å². The molecule has 0 aliphatic carbocycles. The second-order valence-electron chi connectivity index (χ2n) is 7.23. The van der Waals surface area contributed by atoms with Crippen molar-refractivity contribution in [2.75, 3.05) is 5.32 Å². The molecule has 0 saturated heterocycles. The fourth-order valence-corrected chi connectivity index (χ4v) is 2.60. The summed E-state index contributed by atoms with van der Waals surface area (Å²) in [6, 6.07) is 3.35. The Kier molecular flexibility index (Phi) is 5.53. The summed E-state index contributed by atoms with van der Waals surface area (Å²) in [5, 5.41) is 4.16. The van der Waals surface area contributed by atoms with Crippen molar-refractivity contribution in [3.63, 3.8) is 0 Å². The molecule has 9 heteroatoms. The zero-order valence-corrected chi connectivity index (χ0v) is 16.3. The highest BCUT2D eigenvalue weighted by molar-refractivity contribution is 5.87. The van der Waals surface area contributed by atoms with Crippen LogP contribution in [-0.4, -0.2) is 19.9 Å². The molecule has 3 aromatic heterocycles. The van der Waals surface area contributed by atoms with Gasteiger partial charge in [0.15, 0.2) is 11.5 Å². The fraction of sp³-hybridized carbons (Fsp3) is 0.333. The lowest BCUT2D eigenvalue weighted by atomic mass is 9.93. The van der Waals surface area contributed by atoms with Crippen molar-refractivity contribution in [1.29, 1.82) is 0 Å². The largest absolute Gasteiger partial charge is 0.328 e. The molecule has 3 aromatic rings. The maximum absolute atomic E-state index is 14.1. The number of rotatable bonds is 4. The zero-order valence-electron chi connectivity index (χ0n) is 15.5. The Morgan fingerprint density at radius 1 is 1.15 bits per heavy atom. The Labute approximate surface area is 162 Å². The molecule has 0 spiro atoms. The van der Waals surface area contributed by atoms with E-state index in [9.17, 15) is 9.18 Å². The van der Waals surface area contributed by atoms with Crippen molar-refractivity contribution in [2.45, 2.75) is 38.9 Å². The molecule has 4 N–H and O–H groups in total. The van der Waals surface area contributed by atoms with Crippen molar-refractivity contribution in [2.24, 2.45) is 5.73 Å². The van der Waals surface area contributed by atoms with Crippen LogP contribution in [0.15, 0.2) is 35.5 Å². The van der Waals surface area contributed by atoms with E-state index in [1.54, 1.807) is 18.3 Å². The highest BCUT2D eigenvalue weighted by atomic mass is 35.5. The molecule has 0 aromatic carbocycles. The average molecular weight is 393 g/mol. The van der Waals surface area contributed by atoms with E-state index >= 15 is 0 Å². The maximum atomic E-state index is 14.1. The first-order chi connectivity index (χ1) is 12.1. The van der Waals surface area contributed by atoms with Crippen LogP contribution in [0, 0.1) is 0 Å². The van der Waals surface area contributed by atoms with E-state index < -0.39 is 11.2 Å². The number of H-pyrrole nitrogens is 1. The van der Waals surface area contributed by atoms with Gasteiger partial charge in [-0.3, -0.25) is 4.79 Å². The van der Waals surface area contributed by atoms with E-state index in [2.05, 4.69) is 25.3 Å². The maximum Gasteiger partial charge on any atom is 0.257 e. The van der Waals surface area contributed by atoms with Crippen molar-refractivity contribution < 1.29 is 4.39 Å². The standard InChI is InChI=1S/C18H21FN6O.ClH/c1-17(2,19)16-21-6-5-13(25-16)24-14-7-10-11(8-22-14)15(26)23-9-12(10)18(3,4)20;/h5-9H,20H2,1-4H3,(H,23,26)(H,21,22,24,25);1H. The van der Waals surface area contributed by atoms with Gasteiger partial charge in [0, 0.05) is 24.1 Å². The second-order valence-corrected chi connectivity index (χ2v) is 7.23. The predicted molar refractivity (Wildman–Crippen MR) is 106 cm³/mol. The third kappa shape index (κ3) is 4.40. The molecule has 0 atom stereocenters. The summed E-state index contributed by atoms with van der Waals surface area (Å²) in [7, 11) is 0. The zero-order chi connectivity index (χ0) is 19.1. The van der Waals surface area contributed by atoms with Crippen molar-refractivity contribution in [3.05, 3.63) is 52.5 Å². The molecule has 0 amide bonds. The number of hydrogen-bond acceptors (Lipinski definition) is 6. The number of aromatic amines is 1. The highest BCUT2D eigenvalue weighted by Crippen LogP contribution is 2.27. The second kappa shape index (κ2) is 7.21. The van der Waals surface area contributed by atoms with Gasteiger partial charge >= 0.3 is 0 Å². The molecule has 7 nitrogen and oxygen atoms in total. The van der Waals surface area contributed by atoms with Gasteiger partial charge in [-0.05, 0) is 50.8 Å². The number of nitrogens with one attached hydrogen (secondary N) is 2. The first-order valence-electron chi connectivity index (χ1n) is 8.16. The average Bonchev–Trinajstić information content (AvgIpc) is 2.53. The van der Waals surface area contributed by atoms with Crippen LogP contribution in [0.5, 0.6) is 0 Å². The quantitative estimate of drug-likeness (QED) is 0.628. The van der Waals surface area contributed by atoms with E-state index in [-0.39, 0.29) is 23.8 Å². The van der Waals surface area contributed by atoms with Crippen LogP contribution in [-0.2, 0) is 11.2 Å². The van der Waals surface area contributed by atoms with Crippen LogP contribution in [0.1, 0.15) is 39.1 Å². The number of pyridine rings is 2. The van der Waals surface area contributed by atoms with Crippen LogP contribution < -0.4 is 16.6 Å². The number of nitrogens with two attached hydrogens (primary N) is 1. The topological polar surface area (TPSA) is 110 Å². The first kappa shape index (κ1) is 20.7. The molecule has 0 aliphatic heterocycles. The summed E-state index contributed by atoms with van der Waals surface area (Å²) in [6.07, 6.45) is 4.57.